The number of nitrogens with one attached hydrogen (secondary N) is 2. The van der Waals surface area contributed by atoms with Crippen LogP contribution in [0.5, 0.6) is 5.75 Å². The number of hydrogen-bond donors (Lipinski definition) is 3. The zero-order valence-corrected chi connectivity index (χ0v) is 11.7. The lowest BCUT2D eigenvalue weighted by atomic mass is 10.2. The fraction of sp³-hybridized carbons (Fsp3) is 0.125. The van der Waals surface area contributed by atoms with Crippen molar-refractivity contribution in [1.82, 2.24) is 5.43 Å². The van der Waals surface area contributed by atoms with Gasteiger partial charge in [-0.3, -0.25) is 4.79 Å². The van der Waals surface area contributed by atoms with Gasteiger partial charge in [0.05, 0.1) is 12.8 Å². The first-order valence-electron chi connectivity index (χ1n) is 6.55. The Morgan fingerprint density at radius 1 is 1.19 bits per heavy atom. The molecule has 0 heterocycles. The van der Waals surface area contributed by atoms with E-state index in [2.05, 4.69) is 15.8 Å². The third kappa shape index (κ3) is 4.65. The Balaban J connectivity index is 1.80. The maximum atomic E-state index is 11.6. The van der Waals surface area contributed by atoms with E-state index in [4.69, 9.17) is 5.11 Å². The molecule has 0 atom stereocenters. The zero-order chi connectivity index (χ0) is 15.1. The Bertz CT molecular complexity index is 636. The monoisotopic (exact) mass is 283 g/mol. The zero-order valence-electron chi connectivity index (χ0n) is 11.7. The molecule has 5 heteroatoms. The molecule has 0 bridgehead atoms. The number of nitrogens with zero attached hydrogens (tertiary/aromatic N) is 1. The lowest BCUT2D eigenvalue weighted by molar-refractivity contribution is -0.119. The number of hydrazone groups is 1. The summed E-state index contributed by atoms with van der Waals surface area (Å²) in [6.07, 6.45) is 1.52. The minimum Gasteiger partial charge on any atom is -0.508 e. The topological polar surface area (TPSA) is 73.7 Å². The van der Waals surface area contributed by atoms with E-state index in [1.807, 2.05) is 31.2 Å². The van der Waals surface area contributed by atoms with Crippen molar-refractivity contribution >= 4 is 17.8 Å². The number of hydrogen-bond acceptors (Lipinski definition) is 4. The molecule has 0 aliphatic rings. The van der Waals surface area contributed by atoms with E-state index in [0.717, 1.165) is 16.8 Å². The number of carbonyl (C=O) groups excluding carboxylic acids is 1. The Labute approximate surface area is 123 Å². The van der Waals surface area contributed by atoms with E-state index >= 15 is 0 Å². The van der Waals surface area contributed by atoms with Crippen LogP contribution in [0, 0.1) is 6.92 Å². The summed E-state index contributed by atoms with van der Waals surface area (Å²) in [5.41, 5.74) is 5.24. The number of rotatable bonds is 5. The summed E-state index contributed by atoms with van der Waals surface area (Å²) in [5, 5.41) is 16.1. The van der Waals surface area contributed by atoms with Crippen molar-refractivity contribution in [3.63, 3.8) is 0 Å². The number of anilines is 1. The van der Waals surface area contributed by atoms with Crippen LogP contribution in [-0.2, 0) is 4.79 Å². The molecule has 0 aliphatic carbocycles. The fourth-order valence-corrected chi connectivity index (χ4v) is 1.73. The first-order chi connectivity index (χ1) is 10.1. The lowest BCUT2D eigenvalue weighted by Crippen LogP contribution is -2.26. The average Bonchev–Trinajstić information content (AvgIpc) is 2.48. The molecule has 0 aliphatic heterocycles. The van der Waals surface area contributed by atoms with Crippen LogP contribution in [0.2, 0.25) is 0 Å². The van der Waals surface area contributed by atoms with Crippen molar-refractivity contribution in [1.29, 1.82) is 0 Å². The first-order valence-corrected chi connectivity index (χ1v) is 6.55. The van der Waals surface area contributed by atoms with Crippen molar-refractivity contribution in [3.05, 3.63) is 59.7 Å². The summed E-state index contributed by atoms with van der Waals surface area (Å²) < 4.78 is 0. The number of carbonyl (C=O) groups is 1. The average molecular weight is 283 g/mol. The number of para-hydroxylation sites is 1. The number of benzene rings is 2. The predicted molar refractivity (Wildman–Crippen MR) is 83.5 cm³/mol. The molecule has 2 aromatic carbocycles. The van der Waals surface area contributed by atoms with Crippen LogP contribution in [0.15, 0.2) is 53.6 Å². The molecule has 0 fully saturated rings. The van der Waals surface area contributed by atoms with Gasteiger partial charge in [0.15, 0.2) is 0 Å². The van der Waals surface area contributed by atoms with Crippen LogP contribution < -0.4 is 10.7 Å². The van der Waals surface area contributed by atoms with Gasteiger partial charge in [0, 0.05) is 5.69 Å². The number of phenolic OH excluding ortho intramolecular Hbond substituents is 1. The molecule has 3 N–H and O–H groups in total. The molecule has 1 amide bonds. The van der Waals surface area contributed by atoms with Crippen molar-refractivity contribution < 1.29 is 9.90 Å². The second-order valence-corrected chi connectivity index (χ2v) is 4.55. The van der Waals surface area contributed by atoms with Gasteiger partial charge in [-0.25, -0.2) is 5.43 Å². The highest BCUT2D eigenvalue weighted by atomic mass is 16.3. The van der Waals surface area contributed by atoms with E-state index in [-0.39, 0.29) is 18.2 Å². The second kappa shape index (κ2) is 7.09. The smallest absolute Gasteiger partial charge is 0.259 e. The van der Waals surface area contributed by atoms with Gasteiger partial charge >= 0.3 is 0 Å². The quantitative estimate of drug-likeness (QED) is 0.582. The molecule has 2 rings (SSSR count). The third-order valence-electron chi connectivity index (χ3n) is 2.88. The van der Waals surface area contributed by atoms with Crippen LogP contribution in [0.3, 0.4) is 0 Å². The molecular weight excluding hydrogens is 266 g/mol. The van der Waals surface area contributed by atoms with Gasteiger partial charge in [-0.1, -0.05) is 18.2 Å². The van der Waals surface area contributed by atoms with Crippen molar-refractivity contribution in [2.45, 2.75) is 6.92 Å². The van der Waals surface area contributed by atoms with Crippen LogP contribution in [0.1, 0.15) is 11.1 Å². The molecule has 0 aromatic heterocycles. The predicted octanol–water partition coefficient (Wildman–Crippen LogP) is 2.26. The van der Waals surface area contributed by atoms with Gasteiger partial charge in [-0.15, -0.1) is 0 Å². The van der Waals surface area contributed by atoms with E-state index < -0.39 is 0 Å². The minimum atomic E-state index is -0.228. The molecular formula is C16H17N3O2. The highest BCUT2D eigenvalue weighted by molar-refractivity contribution is 5.84. The maximum absolute atomic E-state index is 11.6. The molecule has 0 saturated heterocycles. The van der Waals surface area contributed by atoms with Crippen LogP contribution in [0.4, 0.5) is 5.69 Å². The Kier molecular flexibility index (Phi) is 4.93. The fourth-order valence-electron chi connectivity index (χ4n) is 1.73. The van der Waals surface area contributed by atoms with E-state index in [0.29, 0.717) is 0 Å². The van der Waals surface area contributed by atoms with Crippen LogP contribution >= 0.6 is 0 Å². The number of aryl methyl sites for hydroxylation is 1. The molecule has 0 radical (unpaired) electrons. The number of amides is 1. The molecule has 5 nitrogen and oxygen atoms in total. The number of aromatic hydroxyl groups is 1. The standard InChI is InChI=1S/C16H17N3O2/c1-12-4-2-3-5-15(12)17-11-16(21)19-18-10-13-6-8-14(20)9-7-13/h2-10,17,20H,11H2,1H3,(H,19,21)/b18-10-. The second-order valence-electron chi connectivity index (χ2n) is 4.55. The summed E-state index contributed by atoms with van der Waals surface area (Å²) in [6.45, 7) is 2.13. The van der Waals surface area contributed by atoms with E-state index in [9.17, 15) is 4.79 Å². The molecule has 0 saturated carbocycles. The summed E-state index contributed by atoms with van der Waals surface area (Å²) in [7, 11) is 0. The van der Waals surface area contributed by atoms with Gasteiger partial charge in [0.2, 0.25) is 0 Å². The molecule has 0 spiro atoms. The minimum absolute atomic E-state index is 0.151. The Hall–Kier alpha value is -2.82. The van der Waals surface area contributed by atoms with E-state index in [1.54, 1.807) is 24.3 Å². The van der Waals surface area contributed by atoms with Gasteiger partial charge in [0.1, 0.15) is 5.75 Å². The first kappa shape index (κ1) is 14.6. The summed E-state index contributed by atoms with van der Waals surface area (Å²) in [6, 6.07) is 14.3. The van der Waals surface area contributed by atoms with Gasteiger partial charge in [0.25, 0.3) is 5.91 Å². The molecule has 108 valence electrons. The third-order valence-corrected chi connectivity index (χ3v) is 2.88. The van der Waals surface area contributed by atoms with Crippen molar-refractivity contribution in [3.8, 4) is 5.75 Å². The Morgan fingerprint density at radius 2 is 1.90 bits per heavy atom. The van der Waals surface area contributed by atoms with Crippen molar-refractivity contribution in [2.24, 2.45) is 5.10 Å². The van der Waals surface area contributed by atoms with Gasteiger partial charge < -0.3 is 10.4 Å². The van der Waals surface area contributed by atoms with Gasteiger partial charge in [-0.2, -0.15) is 5.10 Å². The van der Waals surface area contributed by atoms with Crippen LogP contribution in [-0.4, -0.2) is 23.8 Å². The highest BCUT2D eigenvalue weighted by Crippen LogP contribution is 2.12. The van der Waals surface area contributed by atoms with Gasteiger partial charge in [-0.05, 0) is 48.4 Å². The summed E-state index contributed by atoms with van der Waals surface area (Å²) >= 11 is 0. The molecule has 21 heavy (non-hydrogen) atoms. The molecule has 2 aromatic rings. The van der Waals surface area contributed by atoms with Crippen molar-refractivity contribution in [2.75, 3.05) is 11.9 Å². The SMILES string of the molecule is Cc1ccccc1NCC(=O)N/N=C\c1ccc(O)cc1. The van der Waals surface area contributed by atoms with Crippen LogP contribution in [0.25, 0.3) is 0 Å². The maximum Gasteiger partial charge on any atom is 0.259 e. The Morgan fingerprint density at radius 3 is 2.62 bits per heavy atom. The number of phenols is 1. The highest BCUT2D eigenvalue weighted by Gasteiger charge is 2.00. The summed E-state index contributed by atoms with van der Waals surface area (Å²) in [4.78, 5) is 11.6. The lowest BCUT2D eigenvalue weighted by Gasteiger charge is -2.07. The summed E-state index contributed by atoms with van der Waals surface area (Å²) in [5.74, 6) is -0.0353. The van der Waals surface area contributed by atoms with E-state index in [1.165, 1.54) is 6.21 Å². The molecule has 0 unspecified atom stereocenters. The normalized spacial score (nSPS) is 10.5. The largest absolute Gasteiger partial charge is 0.508 e.